The SMILES string of the molecule is COC(=O)C1=C(N)Oc2cc(C)n(Cc3ccccc3)c(=O)c2[C@@]12C(=O)Nc1ccccc12. The van der Waals surface area contributed by atoms with E-state index in [1.54, 1.807) is 41.8 Å². The second-order valence-corrected chi connectivity index (χ2v) is 7.98. The largest absolute Gasteiger partial charge is 0.465 e. The van der Waals surface area contributed by atoms with Crippen LogP contribution >= 0.6 is 0 Å². The number of nitrogens with zero attached hydrogens (tertiary/aromatic N) is 1. The van der Waals surface area contributed by atoms with Crippen molar-refractivity contribution in [2.24, 2.45) is 5.73 Å². The van der Waals surface area contributed by atoms with Crippen LogP contribution in [-0.2, 0) is 26.3 Å². The fourth-order valence-corrected chi connectivity index (χ4v) is 4.72. The first-order valence-electron chi connectivity index (χ1n) is 10.4. The Kier molecular flexibility index (Phi) is 4.59. The predicted octanol–water partition coefficient (Wildman–Crippen LogP) is 2.18. The Labute approximate surface area is 189 Å². The first-order valence-corrected chi connectivity index (χ1v) is 10.4. The number of methoxy groups -OCH3 is 1. The molecule has 2 aliphatic heterocycles. The molecule has 8 nitrogen and oxygen atoms in total. The van der Waals surface area contributed by atoms with Crippen molar-refractivity contribution in [3.63, 3.8) is 0 Å². The van der Waals surface area contributed by atoms with E-state index < -0.39 is 22.9 Å². The average Bonchev–Trinajstić information content (AvgIpc) is 3.08. The normalized spacial score (nSPS) is 18.4. The van der Waals surface area contributed by atoms with Crippen LogP contribution in [0.4, 0.5) is 5.69 Å². The van der Waals surface area contributed by atoms with Gasteiger partial charge in [0, 0.05) is 23.0 Å². The monoisotopic (exact) mass is 443 g/mol. The maximum absolute atomic E-state index is 14.0. The van der Waals surface area contributed by atoms with Crippen molar-refractivity contribution in [1.29, 1.82) is 0 Å². The summed E-state index contributed by atoms with van der Waals surface area (Å²) in [5.41, 5.74) is 6.20. The lowest BCUT2D eigenvalue weighted by atomic mass is 9.68. The van der Waals surface area contributed by atoms with Crippen molar-refractivity contribution in [3.8, 4) is 5.75 Å². The van der Waals surface area contributed by atoms with Gasteiger partial charge in [0.25, 0.3) is 5.56 Å². The number of amides is 1. The molecule has 3 N–H and O–H groups in total. The third-order valence-electron chi connectivity index (χ3n) is 6.18. The minimum atomic E-state index is -1.80. The molecule has 0 radical (unpaired) electrons. The number of fused-ring (bicyclic) bond motifs is 4. The molecule has 5 rings (SSSR count). The molecule has 8 heteroatoms. The molecular formula is C25H21N3O5. The number of benzene rings is 2. The number of aryl methyl sites for hydroxylation is 1. The summed E-state index contributed by atoms with van der Waals surface area (Å²) >= 11 is 0. The van der Waals surface area contributed by atoms with E-state index >= 15 is 0 Å². The third-order valence-corrected chi connectivity index (χ3v) is 6.18. The Hall–Kier alpha value is -4.33. The van der Waals surface area contributed by atoms with E-state index in [4.69, 9.17) is 15.2 Å². The van der Waals surface area contributed by atoms with Crippen molar-refractivity contribution in [1.82, 2.24) is 4.57 Å². The number of hydrogen-bond acceptors (Lipinski definition) is 6. The Balaban J connectivity index is 1.86. The molecule has 0 aliphatic carbocycles. The standard InChI is InChI=1S/C25H21N3O5/c1-14-12-18-19(22(29)28(14)13-15-8-4-3-5-9-15)25(20(21(26)33-18)23(30)32-2)16-10-6-7-11-17(16)27-24(25)31/h3-12H,13,26H2,1-2H3,(H,27,31)/t25-/m1/s1. The van der Waals surface area contributed by atoms with Crippen LogP contribution in [0, 0.1) is 6.92 Å². The van der Waals surface area contributed by atoms with Crippen molar-refractivity contribution < 1.29 is 19.1 Å². The summed E-state index contributed by atoms with van der Waals surface area (Å²) in [6.45, 7) is 2.06. The number of carbonyl (C=O) groups excluding carboxylic acids is 2. The fraction of sp³-hybridized carbons (Fsp3) is 0.160. The second-order valence-electron chi connectivity index (χ2n) is 7.98. The Bertz CT molecular complexity index is 1410. The number of nitrogens with two attached hydrogens (primary N) is 1. The highest BCUT2D eigenvalue weighted by Gasteiger charge is 2.60. The van der Waals surface area contributed by atoms with E-state index in [0.717, 1.165) is 5.56 Å². The number of pyridine rings is 1. The molecule has 0 saturated carbocycles. The lowest BCUT2D eigenvalue weighted by molar-refractivity contribution is -0.138. The number of aromatic nitrogens is 1. The lowest BCUT2D eigenvalue weighted by Crippen LogP contribution is -2.50. The van der Waals surface area contributed by atoms with E-state index in [1.807, 2.05) is 30.3 Å². The minimum absolute atomic E-state index is 0.0288. The first kappa shape index (κ1) is 20.6. The first-order chi connectivity index (χ1) is 15.9. The molecule has 0 unspecified atom stereocenters. The minimum Gasteiger partial charge on any atom is -0.465 e. The number of ether oxygens (including phenoxy) is 2. The lowest BCUT2D eigenvalue weighted by Gasteiger charge is -2.35. The van der Waals surface area contributed by atoms with E-state index in [-0.39, 0.29) is 29.3 Å². The molecule has 1 atom stereocenters. The highest BCUT2D eigenvalue weighted by Crippen LogP contribution is 2.52. The molecule has 0 saturated heterocycles. The summed E-state index contributed by atoms with van der Waals surface area (Å²) in [4.78, 5) is 40.6. The van der Waals surface area contributed by atoms with E-state index in [2.05, 4.69) is 5.32 Å². The molecule has 166 valence electrons. The Morgan fingerprint density at radius 3 is 2.55 bits per heavy atom. The van der Waals surface area contributed by atoms with Crippen molar-refractivity contribution in [2.45, 2.75) is 18.9 Å². The highest BCUT2D eigenvalue weighted by molar-refractivity contribution is 6.17. The van der Waals surface area contributed by atoms with Gasteiger partial charge in [0.2, 0.25) is 11.8 Å². The van der Waals surface area contributed by atoms with Crippen LogP contribution in [0.25, 0.3) is 0 Å². The third kappa shape index (κ3) is 2.80. The van der Waals surface area contributed by atoms with Gasteiger partial charge in [-0.3, -0.25) is 9.59 Å². The fourth-order valence-electron chi connectivity index (χ4n) is 4.72. The summed E-state index contributed by atoms with van der Waals surface area (Å²) in [6, 6.07) is 18.0. The van der Waals surface area contributed by atoms with Crippen molar-refractivity contribution in [2.75, 3.05) is 12.4 Å². The van der Waals surface area contributed by atoms with Gasteiger partial charge in [-0.05, 0) is 18.6 Å². The molecule has 0 bridgehead atoms. The maximum Gasteiger partial charge on any atom is 0.340 e. The van der Waals surface area contributed by atoms with Gasteiger partial charge in [0.1, 0.15) is 16.7 Å². The zero-order valence-electron chi connectivity index (χ0n) is 18.0. The molecule has 0 fully saturated rings. The molecule has 3 heterocycles. The number of rotatable bonds is 3. The zero-order chi connectivity index (χ0) is 23.3. The highest BCUT2D eigenvalue weighted by atomic mass is 16.5. The van der Waals surface area contributed by atoms with Gasteiger partial charge in [-0.15, -0.1) is 0 Å². The summed E-state index contributed by atoms with van der Waals surface area (Å²) in [5.74, 6) is -1.55. The topological polar surface area (TPSA) is 113 Å². The molecule has 2 aromatic carbocycles. The summed E-state index contributed by atoms with van der Waals surface area (Å²) < 4.78 is 12.3. The molecule has 1 amide bonds. The molecule has 3 aromatic rings. The summed E-state index contributed by atoms with van der Waals surface area (Å²) in [7, 11) is 1.19. The molecule has 2 aliphatic rings. The van der Waals surface area contributed by atoms with E-state index in [1.165, 1.54) is 7.11 Å². The van der Waals surface area contributed by atoms with Gasteiger partial charge >= 0.3 is 5.97 Å². The maximum atomic E-state index is 14.0. The quantitative estimate of drug-likeness (QED) is 0.600. The Morgan fingerprint density at radius 1 is 1.12 bits per heavy atom. The molecule has 1 spiro atoms. The Morgan fingerprint density at radius 2 is 1.82 bits per heavy atom. The van der Waals surface area contributed by atoms with Crippen LogP contribution in [0.15, 0.2) is 76.9 Å². The predicted molar refractivity (Wildman–Crippen MR) is 121 cm³/mol. The average molecular weight is 443 g/mol. The number of nitrogens with one attached hydrogen (secondary N) is 1. The summed E-state index contributed by atoms with van der Waals surface area (Å²) in [6.07, 6.45) is 0. The van der Waals surface area contributed by atoms with E-state index in [9.17, 15) is 14.4 Å². The van der Waals surface area contributed by atoms with Crippen LogP contribution in [-0.4, -0.2) is 23.6 Å². The van der Waals surface area contributed by atoms with Crippen molar-refractivity contribution >= 4 is 17.6 Å². The summed E-state index contributed by atoms with van der Waals surface area (Å²) in [5, 5.41) is 2.80. The number of esters is 1. The van der Waals surface area contributed by atoms with Crippen LogP contribution in [0.2, 0.25) is 0 Å². The second kappa shape index (κ2) is 7.37. The van der Waals surface area contributed by atoms with Gasteiger partial charge in [-0.25, -0.2) is 4.79 Å². The van der Waals surface area contributed by atoms with Gasteiger partial charge in [0.15, 0.2) is 0 Å². The van der Waals surface area contributed by atoms with Gasteiger partial charge in [-0.2, -0.15) is 0 Å². The smallest absolute Gasteiger partial charge is 0.340 e. The zero-order valence-corrected chi connectivity index (χ0v) is 18.0. The number of para-hydroxylation sites is 1. The molecule has 33 heavy (non-hydrogen) atoms. The van der Waals surface area contributed by atoms with Crippen LogP contribution in [0.3, 0.4) is 0 Å². The molecular weight excluding hydrogens is 422 g/mol. The number of carbonyl (C=O) groups is 2. The van der Waals surface area contributed by atoms with Gasteiger partial charge < -0.3 is 25.1 Å². The van der Waals surface area contributed by atoms with E-state index in [0.29, 0.717) is 16.9 Å². The molecule has 1 aromatic heterocycles. The van der Waals surface area contributed by atoms with Crippen molar-refractivity contribution in [3.05, 3.63) is 105 Å². The van der Waals surface area contributed by atoms with Gasteiger partial charge in [0.05, 0.1) is 19.2 Å². The van der Waals surface area contributed by atoms with Gasteiger partial charge in [-0.1, -0.05) is 48.5 Å². The van der Waals surface area contributed by atoms with Crippen LogP contribution < -0.4 is 21.3 Å². The number of hydrogen-bond donors (Lipinski definition) is 2. The van der Waals surface area contributed by atoms with Crippen LogP contribution in [0.5, 0.6) is 5.75 Å². The van der Waals surface area contributed by atoms with Crippen LogP contribution in [0.1, 0.15) is 22.4 Å². The number of anilines is 1.